The highest BCUT2D eigenvalue weighted by Crippen LogP contribution is 2.49. The lowest BCUT2D eigenvalue weighted by atomic mass is 9.84. The first-order valence-electron chi connectivity index (χ1n) is 7.87. The van der Waals surface area contributed by atoms with Crippen LogP contribution in [-0.4, -0.2) is 16.9 Å². The second-order valence-corrected chi connectivity index (χ2v) is 7.40. The number of nitro groups is 2. The predicted molar refractivity (Wildman–Crippen MR) is 102 cm³/mol. The van der Waals surface area contributed by atoms with Crippen LogP contribution in [0.4, 0.5) is 17.1 Å². The van der Waals surface area contributed by atoms with E-state index in [1.54, 1.807) is 30.3 Å². The van der Waals surface area contributed by atoms with Crippen LogP contribution in [0.25, 0.3) is 0 Å². The lowest BCUT2D eigenvalue weighted by Gasteiger charge is -2.23. The normalized spacial score (nSPS) is 16.6. The smallest absolute Gasteiger partial charge is 0.283 e. The Morgan fingerprint density at radius 3 is 2.42 bits per heavy atom. The summed E-state index contributed by atoms with van der Waals surface area (Å²) in [7, 11) is 1.85. The maximum Gasteiger partial charge on any atom is 0.283 e. The van der Waals surface area contributed by atoms with Crippen molar-refractivity contribution in [2.24, 2.45) is 0 Å². The van der Waals surface area contributed by atoms with Crippen LogP contribution in [0.3, 0.4) is 0 Å². The van der Waals surface area contributed by atoms with E-state index in [-0.39, 0.29) is 16.8 Å². The first-order chi connectivity index (χ1) is 12.2. The number of anilines is 1. The summed E-state index contributed by atoms with van der Waals surface area (Å²) >= 11 is 1.28. The Kier molecular flexibility index (Phi) is 4.45. The summed E-state index contributed by atoms with van der Waals surface area (Å²) in [6, 6.07) is 11.4. The number of non-ortho nitro benzene ring substituents is 1. The maximum absolute atomic E-state index is 11.2. The fourth-order valence-corrected chi connectivity index (χ4v) is 4.29. The molecule has 0 aromatic heterocycles. The largest absolute Gasteiger partial charge is 0.346 e. The van der Waals surface area contributed by atoms with Crippen molar-refractivity contribution < 1.29 is 9.85 Å². The van der Waals surface area contributed by atoms with Crippen molar-refractivity contribution in [1.29, 1.82) is 0 Å². The average molecular weight is 371 g/mol. The molecule has 0 saturated heterocycles. The van der Waals surface area contributed by atoms with E-state index in [2.05, 4.69) is 0 Å². The van der Waals surface area contributed by atoms with Gasteiger partial charge in [-0.2, -0.15) is 0 Å². The van der Waals surface area contributed by atoms with Gasteiger partial charge in [0.25, 0.3) is 11.4 Å². The number of likely N-dealkylation sites (N-methyl/N-ethyl adjacent to an activating group) is 1. The molecule has 0 aliphatic carbocycles. The number of allylic oxidation sites excluding steroid dienone is 1. The van der Waals surface area contributed by atoms with Crippen LogP contribution >= 0.6 is 11.8 Å². The first-order valence-corrected chi connectivity index (χ1v) is 8.75. The van der Waals surface area contributed by atoms with Crippen LogP contribution in [-0.2, 0) is 5.41 Å². The molecular formula is C18H17N3O4S. The molecule has 1 heterocycles. The van der Waals surface area contributed by atoms with Crippen molar-refractivity contribution in [3.05, 3.63) is 79.4 Å². The number of hydrogen-bond donors (Lipinski definition) is 0. The fraction of sp³-hybridized carbons (Fsp3) is 0.222. The molecule has 1 aliphatic heterocycles. The van der Waals surface area contributed by atoms with Gasteiger partial charge in [-0.05, 0) is 23.1 Å². The maximum atomic E-state index is 11.2. The number of thioether (sulfide) groups is 1. The predicted octanol–water partition coefficient (Wildman–Crippen LogP) is 4.86. The highest BCUT2D eigenvalue weighted by Gasteiger charge is 2.39. The van der Waals surface area contributed by atoms with Gasteiger partial charge in [0, 0.05) is 36.4 Å². The summed E-state index contributed by atoms with van der Waals surface area (Å²) in [5.74, 6) is 0. The van der Waals surface area contributed by atoms with E-state index in [1.807, 2.05) is 31.2 Å². The number of rotatable bonds is 4. The van der Waals surface area contributed by atoms with Crippen molar-refractivity contribution in [3.8, 4) is 0 Å². The molecule has 0 N–H and O–H groups in total. The zero-order chi connectivity index (χ0) is 19.1. The standard InChI is InChI=1S/C18H17N3O4S/c1-18(2)13-9-8-12(20(22)23)10-15(13)19(3)17(18)11-26-16-7-5-4-6-14(16)21(24)25/h4-11H,1-3H3/b17-11+. The Bertz CT molecular complexity index is 940. The van der Waals surface area contributed by atoms with Gasteiger partial charge in [-0.15, -0.1) is 0 Å². The molecule has 0 spiro atoms. The molecule has 2 aromatic carbocycles. The first kappa shape index (κ1) is 17.9. The molecule has 2 aromatic rings. The molecule has 0 atom stereocenters. The van der Waals surface area contributed by atoms with E-state index in [0.717, 1.165) is 16.9 Å². The number of nitrogens with zero attached hydrogens (tertiary/aromatic N) is 3. The molecule has 3 rings (SSSR count). The highest BCUT2D eigenvalue weighted by molar-refractivity contribution is 8.02. The molecule has 1 aliphatic rings. The van der Waals surface area contributed by atoms with Crippen LogP contribution in [0.2, 0.25) is 0 Å². The summed E-state index contributed by atoms with van der Waals surface area (Å²) in [6.45, 7) is 4.07. The van der Waals surface area contributed by atoms with Gasteiger partial charge in [-0.25, -0.2) is 0 Å². The van der Waals surface area contributed by atoms with Gasteiger partial charge in [-0.3, -0.25) is 20.2 Å². The van der Waals surface area contributed by atoms with Crippen LogP contribution < -0.4 is 4.90 Å². The lowest BCUT2D eigenvalue weighted by Crippen LogP contribution is -2.22. The minimum atomic E-state index is -0.412. The number of fused-ring (bicyclic) bond motifs is 1. The number of benzene rings is 2. The Labute approximate surface area is 154 Å². The Hall–Kier alpha value is -2.87. The number of para-hydroxylation sites is 1. The van der Waals surface area contributed by atoms with Crippen LogP contribution in [0, 0.1) is 20.2 Å². The van der Waals surface area contributed by atoms with E-state index in [1.165, 1.54) is 23.9 Å². The minimum absolute atomic E-state index is 0.0407. The van der Waals surface area contributed by atoms with E-state index in [4.69, 9.17) is 0 Å². The van der Waals surface area contributed by atoms with E-state index >= 15 is 0 Å². The molecule has 0 unspecified atom stereocenters. The van der Waals surface area contributed by atoms with E-state index < -0.39 is 9.85 Å². The Morgan fingerprint density at radius 1 is 1.08 bits per heavy atom. The molecule has 134 valence electrons. The monoisotopic (exact) mass is 371 g/mol. The van der Waals surface area contributed by atoms with Gasteiger partial charge in [0.2, 0.25) is 0 Å². The molecule has 0 saturated carbocycles. The zero-order valence-electron chi connectivity index (χ0n) is 14.5. The molecule has 7 nitrogen and oxygen atoms in total. The Balaban J connectivity index is 2.00. The third kappa shape index (κ3) is 2.92. The van der Waals surface area contributed by atoms with Crippen LogP contribution in [0.5, 0.6) is 0 Å². The summed E-state index contributed by atoms with van der Waals surface area (Å²) in [6.07, 6.45) is 0. The second-order valence-electron chi connectivity index (χ2n) is 6.49. The van der Waals surface area contributed by atoms with Gasteiger partial charge in [0.1, 0.15) is 0 Å². The summed E-state index contributed by atoms with van der Waals surface area (Å²) in [4.78, 5) is 23.9. The number of hydrogen-bond acceptors (Lipinski definition) is 6. The van der Waals surface area contributed by atoms with Crippen molar-refractivity contribution in [1.82, 2.24) is 0 Å². The minimum Gasteiger partial charge on any atom is -0.346 e. The molecule has 8 heteroatoms. The van der Waals surface area contributed by atoms with Crippen LogP contribution in [0.1, 0.15) is 19.4 Å². The summed E-state index contributed by atoms with van der Waals surface area (Å²) < 4.78 is 0. The average Bonchev–Trinajstić information content (AvgIpc) is 2.79. The van der Waals surface area contributed by atoms with Crippen LogP contribution in [0.15, 0.2) is 58.5 Å². The summed E-state index contributed by atoms with van der Waals surface area (Å²) in [5, 5.41) is 24.1. The van der Waals surface area contributed by atoms with Crippen molar-refractivity contribution >= 4 is 28.8 Å². The second kappa shape index (κ2) is 6.45. The molecule has 26 heavy (non-hydrogen) atoms. The van der Waals surface area contributed by atoms with Gasteiger partial charge in [0.15, 0.2) is 0 Å². The third-order valence-corrected chi connectivity index (χ3v) is 5.53. The highest BCUT2D eigenvalue weighted by atomic mass is 32.2. The molecule has 0 amide bonds. The lowest BCUT2D eigenvalue weighted by molar-refractivity contribution is -0.387. The van der Waals surface area contributed by atoms with Crippen molar-refractivity contribution in [2.45, 2.75) is 24.2 Å². The molecule has 0 radical (unpaired) electrons. The van der Waals surface area contributed by atoms with Gasteiger partial charge in [0.05, 0.1) is 20.4 Å². The molecular weight excluding hydrogens is 354 g/mol. The molecule has 0 bridgehead atoms. The van der Waals surface area contributed by atoms with Gasteiger partial charge in [-0.1, -0.05) is 37.7 Å². The van der Waals surface area contributed by atoms with E-state index in [0.29, 0.717) is 4.90 Å². The van der Waals surface area contributed by atoms with Gasteiger partial charge < -0.3 is 4.90 Å². The zero-order valence-corrected chi connectivity index (χ0v) is 15.3. The van der Waals surface area contributed by atoms with Gasteiger partial charge >= 0.3 is 0 Å². The number of nitro benzene ring substituents is 2. The third-order valence-electron chi connectivity index (χ3n) is 4.59. The molecule has 0 fully saturated rings. The van der Waals surface area contributed by atoms with E-state index in [9.17, 15) is 20.2 Å². The van der Waals surface area contributed by atoms with Crippen molar-refractivity contribution in [2.75, 3.05) is 11.9 Å². The summed E-state index contributed by atoms with van der Waals surface area (Å²) in [5.41, 5.74) is 2.42. The fourth-order valence-electron chi connectivity index (χ4n) is 3.18. The topological polar surface area (TPSA) is 89.5 Å². The SMILES string of the molecule is CN1/C(=C/Sc2ccccc2[N+](=O)[O-])C(C)(C)c2ccc([N+](=O)[O-])cc21. The quantitative estimate of drug-likeness (QED) is 0.433. The van der Waals surface area contributed by atoms with Crippen molar-refractivity contribution in [3.63, 3.8) is 0 Å². The Morgan fingerprint density at radius 2 is 1.77 bits per heavy atom.